The molecule has 0 bridgehead atoms. The van der Waals surface area contributed by atoms with Crippen molar-refractivity contribution in [3.63, 3.8) is 0 Å². The number of aliphatic hydroxyl groups is 4. The average Bonchev–Trinajstić information content (AvgIpc) is 2.34. The van der Waals surface area contributed by atoms with Crippen LogP contribution in [0.3, 0.4) is 0 Å². The molecule has 1 rings (SSSR count). The second kappa shape index (κ2) is 7.28. The second-order valence-corrected chi connectivity index (χ2v) is 6.56. The van der Waals surface area contributed by atoms with Crippen molar-refractivity contribution < 1.29 is 62.9 Å². The molecule has 6 atom stereocenters. The van der Waals surface area contributed by atoms with E-state index in [0.29, 0.717) is 0 Å². The SMILES string of the molecule is O=P([O-])([O-])OC[C@@H](O)C1O[C@@H](OP(=O)([O-])[O-])C(O)C(O)[C@@H]1O. The molecule has 0 aromatic heterocycles. The van der Waals surface area contributed by atoms with Crippen LogP contribution in [-0.2, 0) is 22.9 Å². The van der Waals surface area contributed by atoms with E-state index in [4.69, 9.17) is 0 Å². The maximum absolute atomic E-state index is 10.5. The molecule has 13 nitrogen and oxygen atoms in total. The Labute approximate surface area is 123 Å². The van der Waals surface area contributed by atoms with E-state index in [2.05, 4.69) is 13.8 Å². The lowest BCUT2D eigenvalue weighted by molar-refractivity contribution is -0.371. The number of rotatable bonds is 6. The molecule has 1 aliphatic heterocycles. The highest BCUT2D eigenvalue weighted by molar-refractivity contribution is 7.43. The zero-order valence-electron chi connectivity index (χ0n) is 10.5. The highest BCUT2D eigenvalue weighted by Crippen LogP contribution is 2.34. The molecule has 1 aliphatic rings. The molecule has 22 heavy (non-hydrogen) atoms. The number of hydrogen-bond acceptors (Lipinski definition) is 13. The van der Waals surface area contributed by atoms with Crippen molar-refractivity contribution >= 4 is 15.6 Å². The van der Waals surface area contributed by atoms with E-state index in [0.717, 1.165) is 0 Å². The topological polar surface area (TPSA) is 235 Å². The van der Waals surface area contributed by atoms with Crippen LogP contribution in [0.2, 0.25) is 0 Å². The van der Waals surface area contributed by atoms with Crippen LogP contribution in [-0.4, -0.2) is 63.8 Å². The third-order valence-electron chi connectivity index (χ3n) is 2.62. The van der Waals surface area contributed by atoms with Crippen LogP contribution in [0.25, 0.3) is 0 Å². The first-order valence-electron chi connectivity index (χ1n) is 5.56. The molecule has 1 fully saturated rings. The summed E-state index contributed by atoms with van der Waals surface area (Å²) < 4.78 is 32.9. The van der Waals surface area contributed by atoms with Crippen molar-refractivity contribution in [1.82, 2.24) is 0 Å². The summed E-state index contributed by atoms with van der Waals surface area (Å²) in [6, 6.07) is 0. The fourth-order valence-electron chi connectivity index (χ4n) is 1.67. The standard InChI is InChI=1S/C7H16O13P2/c8-2(1-18-21(12,13)14)6-4(10)3(9)5(11)7(19-6)20-22(15,16)17/h2-11H,1H2,(H2,12,13,14)(H2,15,16,17)/p-4/t2-,3?,4+,5?,6?,7+/m1/s1. The Kier molecular flexibility index (Phi) is 6.64. The van der Waals surface area contributed by atoms with Crippen LogP contribution in [0, 0.1) is 0 Å². The van der Waals surface area contributed by atoms with Crippen molar-refractivity contribution in [3.05, 3.63) is 0 Å². The van der Waals surface area contributed by atoms with Gasteiger partial charge >= 0.3 is 0 Å². The quantitative estimate of drug-likeness (QED) is 0.320. The number of phosphoric acid groups is 2. The van der Waals surface area contributed by atoms with Crippen molar-refractivity contribution in [2.75, 3.05) is 6.61 Å². The van der Waals surface area contributed by atoms with Gasteiger partial charge in [-0.15, -0.1) is 0 Å². The van der Waals surface area contributed by atoms with Crippen molar-refractivity contribution in [1.29, 1.82) is 0 Å². The predicted molar refractivity (Wildman–Crippen MR) is 54.9 cm³/mol. The average molecular weight is 366 g/mol. The predicted octanol–water partition coefficient (Wildman–Crippen LogP) is -6.15. The molecule has 15 heteroatoms. The Morgan fingerprint density at radius 1 is 1.00 bits per heavy atom. The van der Waals surface area contributed by atoms with Gasteiger partial charge in [-0.2, -0.15) is 0 Å². The number of ether oxygens (including phenoxy) is 1. The van der Waals surface area contributed by atoms with Crippen LogP contribution in [0.15, 0.2) is 0 Å². The van der Waals surface area contributed by atoms with Gasteiger partial charge in [-0.3, -0.25) is 0 Å². The molecular weight excluding hydrogens is 354 g/mol. The van der Waals surface area contributed by atoms with E-state index >= 15 is 0 Å². The second-order valence-electron chi connectivity index (χ2n) is 4.30. The maximum atomic E-state index is 10.5. The van der Waals surface area contributed by atoms with Gasteiger partial charge in [-0.05, 0) is 0 Å². The lowest BCUT2D eigenvalue weighted by atomic mass is 9.96. The summed E-state index contributed by atoms with van der Waals surface area (Å²) in [4.78, 5) is 41.5. The number of hydrogen-bond donors (Lipinski definition) is 4. The molecule has 4 N–H and O–H groups in total. The summed E-state index contributed by atoms with van der Waals surface area (Å²) in [5, 5.41) is 38.0. The van der Waals surface area contributed by atoms with E-state index in [-0.39, 0.29) is 0 Å². The zero-order valence-corrected chi connectivity index (χ0v) is 12.3. The Morgan fingerprint density at radius 3 is 2.00 bits per heavy atom. The monoisotopic (exact) mass is 366 g/mol. The molecule has 132 valence electrons. The van der Waals surface area contributed by atoms with Gasteiger partial charge in [0.25, 0.3) is 0 Å². The van der Waals surface area contributed by atoms with Crippen molar-refractivity contribution in [2.45, 2.75) is 36.8 Å². The number of phosphoric ester groups is 2. The lowest BCUT2D eigenvalue weighted by Crippen LogP contribution is -2.61. The van der Waals surface area contributed by atoms with Gasteiger partial charge in [0.2, 0.25) is 0 Å². The molecule has 0 spiro atoms. The Balaban J connectivity index is 2.80. The van der Waals surface area contributed by atoms with E-state index in [1.807, 2.05) is 0 Å². The van der Waals surface area contributed by atoms with Crippen LogP contribution in [0.1, 0.15) is 0 Å². The van der Waals surface area contributed by atoms with Gasteiger partial charge in [0.05, 0.1) is 22.3 Å². The third kappa shape index (κ3) is 5.91. The minimum Gasteiger partial charge on any atom is -0.790 e. The maximum Gasteiger partial charge on any atom is 0.191 e. The zero-order chi connectivity index (χ0) is 17.3. The minimum atomic E-state index is -5.65. The van der Waals surface area contributed by atoms with E-state index in [1.165, 1.54) is 0 Å². The first kappa shape index (κ1) is 20.1. The molecule has 0 radical (unpaired) electrons. The first-order chi connectivity index (χ1) is 9.82. The van der Waals surface area contributed by atoms with Gasteiger partial charge in [0.15, 0.2) is 6.29 Å². The molecule has 0 aliphatic carbocycles. The van der Waals surface area contributed by atoms with Crippen LogP contribution in [0.4, 0.5) is 0 Å². The fraction of sp³-hybridized carbons (Fsp3) is 1.00. The molecule has 1 saturated heterocycles. The molecule has 3 unspecified atom stereocenters. The van der Waals surface area contributed by atoms with Gasteiger partial charge < -0.3 is 62.9 Å². The molecule has 1 heterocycles. The van der Waals surface area contributed by atoms with Gasteiger partial charge in [-0.25, -0.2) is 0 Å². The van der Waals surface area contributed by atoms with Crippen molar-refractivity contribution in [2.24, 2.45) is 0 Å². The molecule has 0 aromatic rings. The van der Waals surface area contributed by atoms with Crippen LogP contribution >= 0.6 is 15.6 Å². The highest BCUT2D eigenvalue weighted by atomic mass is 31.2. The normalized spacial score (nSPS) is 35.4. The largest absolute Gasteiger partial charge is 0.790 e. The van der Waals surface area contributed by atoms with Gasteiger partial charge in [-0.1, -0.05) is 0 Å². The van der Waals surface area contributed by atoms with E-state index in [1.54, 1.807) is 0 Å². The smallest absolute Gasteiger partial charge is 0.191 e. The Hall–Kier alpha value is 0.0200. The van der Waals surface area contributed by atoms with E-state index < -0.39 is 59.1 Å². The summed E-state index contributed by atoms with van der Waals surface area (Å²) in [6.45, 7) is -1.19. The third-order valence-corrected chi connectivity index (χ3v) is 3.55. The lowest BCUT2D eigenvalue weighted by Gasteiger charge is -2.45. The van der Waals surface area contributed by atoms with Gasteiger partial charge in [0, 0.05) is 0 Å². The summed E-state index contributed by atoms with van der Waals surface area (Å²) >= 11 is 0. The number of aliphatic hydroxyl groups excluding tert-OH is 4. The minimum absolute atomic E-state index is 1.19. The first-order valence-corrected chi connectivity index (χ1v) is 8.49. The van der Waals surface area contributed by atoms with Crippen LogP contribution in [0.5, 0.6) is 0 Å². The molecule has 0 aromatic carbocycles. The molecular formula is C7H12O13P2-4. The van der Waals surface area contributed by atoms with Gasteiger partial charge in [0.1, 0.15) is 30.5 Å². The fourth-order valence-corrected chi connectivity index (χ4v) is 2.43. The summed E-state index contributed by atoms with van der Waals surface area (Å²) in [7, 11) is -11.1. The highest BCUT2D eigenvalue weighted by Gasteiger charge is 2.47. The van der Waals surface area contributed by atoms with Crippen LogP contribution < -0.4 is 19.6 Å². The summed E-state index contributed by atoms with van der Waals surface area (Å²) in [6.07, 6.45) is -12.5. The van der Waals surface area contributed by atoms with Crippen molar-refractivity contribution in [3.8, 4) is 0 Å². The molecule has 0 amide bonds. The Bertz CT molecular complexity index is 457. The Morgan fingerprint density at radius 2 is 1.55 bits per heavy atom. The summed E-state index contributed by atoms with van der Waals surface area (Å²) in [5.41, 5.74) is 0. The molecule has 0 saturated carbocycles. The summed E-state index contributed by atoms with van der Waals surface area (Å²) in [5.74, 6) is 0. The van der Waals surface area contributed by atoms with E-state index in [9.17, 15) is 49.1 Å².